The highest BCUT2D eigenvalue weighted by Gasteiger charge is 2.18. The fourth-order valence-electron chi connectivity index (χ4n) is 3.01. The van der Waals surface area contributed by atoms with Crippen molar-refractivity contribution in [2.24, 2.45) is 0 Å². The van der Waals surface area contributed by atoms with Gasteiger partial charge in [-0.2, -0.15) is 0 Å². The van der Waals surface area contributed by atoms with Crippen LogP contribution in [0, 0.1) is 0 Å². The van der Waals surface area contributed by atoms with Gasteiger partial charge in [0.25, 0.3) is 11.5 Å². The van der Waals surface area contributed by atoms with E-state index in [2.05, 4.69) is 10.3 Å². The van der Waals surface area contributed by atoms with Gasteiger partial charge in [0.15, 0.2) is 11.5 Å². The first-order valence-corrected chi connectivity index (χ1v) is 9.20. The summed E-state index contributed by atoms with van der Waals surface area (Å²) in [6, 6.07) is 9.77. The highest BCUT2D eigenvalue weighted by Crippen LogP contribution is 2.32. The standard InChI is InChI=1S/C20H16ClN3O6/c1-28-15-5-3-12(21)7-14(15)23-18(25)13-8-22-20(27)24(19(13)26)9-11-2-4-16-17(6-11)30-10-29-16/h2-8H,9-10H2,1H3,(H,22,27)(H,23,25). The molecule has 0 unspecified atom stereocenters. The van der Waals surface area contributed by atoms with Crippen molar-refractivity contribution >= 4 is 23.2 Å². The number of ether oxygens (including phenoxy) is 3. The summed E-state index contributed by atoms with van der Waals surface area (Å²) in [5.74, 6) is 0.775. The van der Waals surface area contributed by atoms with Crippen molar-refractivity contribution in [3.8, 4) is 17.2 Å². The monoisotopic (exact) mass is 429 g/mol. The van der Waals surface area contributed by atoms with Crippen LogP contribution in [0.15, 0.2) is 52.2 Å². The molecule has 10 heteroatoms. The van der Waals surface area contributed by atoms with E-state index < -0.39 is 17.2 Å². The van der Waals surface area contributed by atoms with Crippen molar-refractivity contribution in [2.75, 3.05) is 19.2 Å². The molecule has 4 rings (SSSR count). The fourth-order valence-corrected chi connectivity index (χ4v) is 3.18. The number of amides is 1. The van der Waals surface area contributed by atoms with Gasteiger partial charge in [0.2, 0.25) is 6.79 Å². The second-order valence-corrected chi connectivity index (χ2v) is 6.82. The van der Waals surface area contributed by atoms with Gasteiger partial charge in [0.1, 0.15) is 11.3 Å². The Labute approximate surface area is 174 Å². The van der Waals surface area contributed by atoms with E-state index in [4.69, 9.17) is 25.8 Å². The van der Waals surface area contributed by atoms with Crippen LogP contribution < -0.4 is 30.8 Å². The minimum absolute atomic E-state index is 0.0492. The van der Waals surface area contributed by atoms with E-state index in [9.17, 15) is 14.4 Å². The predicted molar refractivity (Wildman–Crippen MR) is 109 cm³/mol. The van der Waals surface area contributed by atoms with Crippen LogP contribution in [0.25, 0.3) is 0 Å². The fraction of sp³-hybridized carbons (Fsp3) is 0.150. The van der Waals surface area contributed by atoms with E-state index in [1.807, 2.05) is 0 Å². The lowest BCUT2D eigenvalue weighted by atomic mass is 10.2. The maximum absolute atomic E-state index is 12.8. The molecular weight excluding hydrogens is 414 g/mol. The highest BCUT2D eigenvalue weighted by molar-refractivity contribution is 6.31. The Bertz CT molecular complexity index is 1250. The molecule has 30 heavy (non-hydrogen) atoms. The summed E-state index contributed by atoms with van der Waals surface area (Å²) in [6.07, 6.45) is 1.08. The van der Waals surface area contributed by atoms with Gasteiger partial charge in [0.05, 0.1) is 19.3 Å². The van der Waals surface area contributed by atoms with Crippen molar-refractivity contribution < 1.29 is 19.0 Å². The zero-order valence-electron chi connectivity index (χ0n) is 15.7. The zero-order valence-corrected chi connectivity index (χ0v) is 16.5. The number of rotatable bonds is 5. The Hall–Kier alpha value is -3.72. The quantitative estimate of drug-likeness (QED) is 0.643. The van der Waals surface area contributed by atoms with E-state index in [1.54, 1.807) is 30.3 Å². The minimum Gasteiger partial charge on any atom is -0.495 e. The molecule has 0 radical (unpaired) electrons. The van der Waals surface area contributed by atoms with Crippen molar-refractivity contribution in [1.29, 1.82) is 0 Å². The van der Waals surface area contributed by atoms with Crippen LogP contribution in [0.5, 0.6) is 17.2 Å². The minimum atomic E-state index is -0.741. The van der Waals surface area contributed by atoms with Gasteiger partial charge < -0.3 is 24.5 Å². The molecule has 2 aromatic carbocycles. The van der Waals surface area contributed by atoms with Gasteiger partial charge in [-0.25, -0.2) is 4.79 Å². The van der Waals surface area contributed by atoms with Crippen molar-refractivity contribution in [3.05, 3.63) is 79.6 Å². The van der Waals surface area contributed by atoms with Gasteiger partial charge in [-0.3, -0.25) is 14.2 Å². The summed E-state index contributed by atoms with van der Waals surface area (Å²) in [7, 11) is 1.44. The summed E-state index contributed by atoms with van der Waals surface area (Å²) in [4.78, 5) is 40.2. The highest BCUT2D eigenvalue weighted by atomic mass is 35.5. The number of hydrogen-bond donors (Lipinski definition) is 2. The molecule has 0 spiro atoms. The molecule has 9 nitrogen and oxygen atoms in total. The van der Waals surface area contributed by atoms with Crippen LogP contribution in [-0.4, -0.2) is 29.4 Å². The average Bonchev–Trinajstić information content (AvgIpc) is 3.19. The van der Waals surface area contributed by atoms with Gasteiger partial charge in [-0.1, -0.05) is 17.7 Å². The maximum atomic E-state index is 12.8. The number of aromatic nitrogens is 2. The number of carbonyl (C=O) groups is 1. The van der Waals surface area contributed by atoms with E-state index >= 15 is 0 Å². The molecule has 1 amide bonds. The first kappa shape index (κ1) is 19.6. The third kappa shape index (κ3) is 3.74. The summed E-state index contributed by atoms with van der Waals surface area (Å²) in [5.41, 5.74) is -0.689. The van der Waals surface area contributed by atoms with E-state index in [1.165, 1.54) is 13.2 Å². The topological polar surface area (TPSA) is 112 Å². The Kier molecular flexibility index (Phi) is 5.20. The van der Waals surface area contributed by atoms with Crippen LogP contribution in [0.4, 0.5) is 5.69 Å². The van der Waals surface area contributed by atoms with Gasteiger partial charge >= 0.3 is 5.69 Å². The number of benzene rings is 2. The molecule has 0 aliphatic carbocycles. The van der Waals surface area contributed by atoms with Gasteiger partial charge in [-0.15, -0.1) is 0 Å². The van der Waals surface area contributed by atoms with Gasteiger partial charge in [0, 0.05) is 11.2 Å². The number of nitrogens with zero attached hydrogens (tertiary/aromatic N) is 1. The van der Waals surface area contributed by atoms with Crippen molar-refractivity contribution in [1.82, 2.24) is 9.55 Å². The van der Waals surface area contributed by atoms with Gasteiger partial charge in [-0.05, 0) is 35.9 Å². The second kappa shape index (κ2) is 7.96. The Morgan fingerprint density at radius 2 is 2.00 bits per heavy atom. The Morgan fingerprint density at radius 1 is 1.20 bits per heavy atom. The molecule has 1 aromatic heterocycles. The average molecular weight is 430 g/mol. The van der Waals surface area contributed by atoms with Crippen LogP contribution >= 0.6 is 11.6 Å². The van der Waals surface area contributed by atoms with E-state index in [0.29, 0.717) is 33.5 Å². The molecular formula is C20H16ClN3O6. The zero-order chi connectivity index (χ0) is 21.3. The third-order valence-corrected chi connectivity index (χ3v) is 4.73. The second-order valence-electron chi connectivity index (χ2n) is 6.39. The normalized spacial score (nSPS) is 11.9. The number of aromatic amines is 1. The lowest BCUT2D eigenvalue weighted by Crippen LogP contribution is -2.39. The number of H-pyrrole nitrogens is 1. The van der Waals surface area contributed by atoms with E-state index in [0.717, 1.165) is 10.8 Å². The number of halogens is 1. The number of hydrogen-bond acceptors (Lipinski definition) is 6. The maximum Gasteiger partial charge on any atom is 0.328 e. The Morgan fingerprint density at radius 3 is 2.80 bits per heavy atom. The molecule has 1 aliphatic heterocycles. The molecule has 0 saturated heterocycles. The molecule has 0 fully saturated rings. The lowest BCUT2D eigenvalue weighted by Gasteiger charge is -2.11. The van der Waals surface area contributed by atoms with E-state index in [-0.39, 0.29) is 18.9 Å². The molecule has 2 N–H and O–H groups in total. The molecule has 0 saturated carbocycles. The van der Waals surface area contributed by atoms with Crippen LogP contribution in [-0.2, 0) is 6.54 Å². The van der Waals surface area contributed by atoms with Crippen LogP contribution in [0.2, 0.25) is 5.02 Å². The molecule has 2 heterocycles. The SMILES string of the molecule is COc1ccc(Cl)cc1NC(=O)c1c[nH]c(=O)n(Cc2ccc3c(c2)OCO3)c1=O. The number of carbonyl (C=O) groups excluding carboxylic acids is 1. The number of nitrogens with one attached hydrogen (secondary N) is 2. The predicted octanol–water partition coefficient (Wildman–Crippen LogP) is 2.23. The van der Waals surface area contributed by atoms with Crippen LogP contribution in [0.3, 0.4) is 0 Å². The van der Waals surface area contributed by atoms with Crippen molar-refractivity contribution in [2.45, 2.75) is 6.54 Å². The number of fused-ring (bicyclic) bond motifs is 1. The largest absolute Gasteiger partial charge is 0.495 e. The van der Waals surface area contributed by atoms with Crippen LogP contribution in [0.1, 0.15) is 15.9 Å². The Balaban J connectivity index is 1.64. The smallest absolute Gasteiger partial charge is 0.328 e. The summed E-state index contributed by atoms with van der Waals surface area (Å²) in [6.45, 7) is 0.0638. The first-order valence-electron chi connectivity index (χ1n) is 8.82. The summed E-state index contributed by atoms with van der Waals surface area (Å²) >= 11 is 5.97. The molecule has 154 valence electrons. The number of methoxy groups -OCH3 is 1. The third-order valence-electron chi connectivity index (χ3n) is 4.49. The number of anilines is 1. The summed E-state index contributed by atoms with van der Waals surface area (Å²) in [5, 5.41) is 2.97. The molecule has 3 aromatic rings. The van der Waals surface area contributed by atoms with Crippen molar-refractivity contribution in [3.63, 3.8) is 0 Å². The lowest BCUT2D eigenvalue weighted by molar-refractivity contribution is 0.102. The summed E-state index contributed by atoms with van der Waals surface area (Å²) < 4.78 is 16.7. The molecule has 0 bridgehead atoms. The first-order chi connectivity index (χ1) is 14.5. The molecule has 0 atom stereocenters. The molecule has 1 aliphatic rings.